The number of rotatable bonds is 6. The molecule has 1 saturated heterocycles. The average molecular weight is 721 g/mol. The molecule has 7 atom stereocenters. The monoisotopic (exact) mass is 720 g/mol. The quantitative estimate of drug-likeness (QED) is 0.244. The third kappa shape index (κ3) is 8.29. The third-order valence-electron chi connectivity index (χ3n) is 11.8. The van der Waals surface area contributed by atoms with Gasteiger partial charge in [-0.25, -0.2) is 0 Å². The number of nitrogens with zero attached hydrogens (tertiary/aromatic N) is 3. The van der Waals surface area contributed by atoms with Crippen molar-refractivity contribution >= 4 is 45.6 Å². The summed E-state index contributed by atoms with van der Waals surface area (Å²) < 4.78 is 9.84. The maximum Gasteiger partial charge on any atom is 0.260 e. The Bertz CT molecular complexity index is 1600. The molecule has 1 aliphatic carbocycles. The second-order valence-corrected chi connectivity index (χ2v) is 17.7. The maximum atomic E-state index is 13.7. The number of ether oxygens (including phenoxy) is 1. The van der Waals surface area contributed by atoms with Crippen molar-refractivity contribution in [3.8, 4) is 5.75 Å². The van der Waals surface area contributed by atoms with E-state index in [2.05, 4.69) is 79.3 Å². The van der Waals surface area contributed by atoms with Crippen molar-refractivity contribution in [2.24, 2.45) is 23.7 Å². The molecule has 9 heteroatoms. The van der Waals surface area contributed by atoms with Crippen molar-refractivity contribution in [2.75, 3.05) is 50.8 Å². The molecule has 2 bridgehead atoms. The van der Waals surface area contributed by atoms with Crippen LogP contribution in [0.25, 0.3) is 0 Å². The predicted octanol–water partition coefficient (Wildman–Crippen LogP) is 7.80. The number of halogens is 1. The molecule has 1 N–H and O–H groups in total. The first-order valence-electron chi connectivity index (χ1n) is 18.8. The van der Waals surface area contributed by atoms with Crippen LogP contribution >= 0.6 is 22.3 Å². The number of allylic oxidation sites excluding steroid dienone is 1. The fourth-order valence-corrected chi connectivity index (χ4v) is 9.82. The van der Waals surface area contributed by atoms with Gasteiger partial charge in [0.2, 0.25) is 5.91 Å². The number of amides is 2. The van der Waals surface area contributed by atoms with E-state index in [1.807, 2.05) is 29.2 Å². The van der Waals surface area contributed by atoms with Crippen LogP contribution in [0.5, 0.6) is 5.75 Å². The first kappa shape index (κ1) is 37.0. The second-order valence-electron chi connectivity index (χ2n) is 15.5. The molecule has 7 nitrogen and oxygen atoms in total. The van der Waals surface area contributed by atoms with E-state index in [4.69, 9.17) is 16.3 Å². The van der Waals surface area contributed by atoms with E-state index in [9.17, 15) is 9.59 Å². The molecule has 7 unspecified atom stereocenters. The topological polar surface area (TPSA) is 65.1 Å². The van der Waals surface area contributed by atoms with Crippen LogP contribution in [-0.4, -0.2) is 84.7 Å². The third-order valence-corrected chi connectivity index (χ3v) is 13.8. The van der Waals surface area contributed by atoms with E-state index in [1.54, 1.807) is 0 Å². The van der Waals surface area contributed by atoms with Crippen LogP contribution in [-0.2, 0) is 11.2 Å². The Kier molecular flexibility index (Phi) is 12.0. The summed E-state index contributed by atoms with van der Waals surface area (Å²) >= 11 is 6.49. The summed E-state index contributed by atoms with van der Waals surface area (Å²) in [5.41, 5.74) is 4.24. The summed E-state index contributed by atoms with van der Waals surface area (Å²) in [6, 6.07) is 12.5. The summed E-state index contributed by atoms with van der Waals surface area (Å²) in [4.78, 5) is 33.7. The highest BCUT2D eigenvalue weighted by molar-refractivity contribution is 8.13. The number of carbonyl (C=O) groups is 2. The minimum atomic E-state index is -0.537. The Balaban J connectivity index is 1.34. The van der Waals surface area contributed by atoms with Crippen molar-refractivity contribution in [1.29, 1.82) is 0 Å². The van der Waals surface area contributed by atoms with Crippen molar-refractivity contribution in [1.82, 2.24) is 14.5 Å². The lowest BCUT2D eigenvalue weighted by atomic mass is 9.66. The zero-order valence-electron chi connectivity index (χ0n) is 30.7. The van der Waals surface area contributed by atoms with Gasteiger partial charge >= 0.3 is 0 Å². The normalized spacial score (nSPS) is 30.2. The Hall–Kier alpha value is -2.81. The van der Waals surface area contributed by atoms with E-state index < -0.39 is 10.7 Å². The molecule has 50 heavy (non-hydrogen) atoms. The summed E-state index contributed by atoms with van der Waals surface area (Å²) in [5, 5.41) is 0.999. The lowest BCUT2D eigenvalue weighted by molar-refractivity contribution is -0.138. The number of aryl methyl sites for hydroxylation is 1. The van der Waals surface area contributed by atoms with Gasteiger partial charge in [0.1, 0.15) is 5.75 Å². The zero-order valence-corrected chi connectivity index (χ0v) is 32.3. The van der Waals surface area contributed by atoms with E-state index in [1.165, 1.54) is 24.0 Å². The molecule has 2 amide bonds. The van der Waals surface area contributed by atoms with Crippen LogP contribution in [0.2, 0.25) is 5.02 Å². The van der Waals surface area contributed by atoms with Gasteiger partial charge in [-0.15, -0.1) is 0 Å². The largest absolute Gasteiger partial charge is 0.491 e. The smallest absolute Gasteiger partial charge is 0.260 e. The number of fused-ring (bicyclic) bond motifs is 2. The molecular weight excluding hydrogens is 664 g/mol. The van der Waals surface area contributed by atoms with Gasteiger partial charge in [-0.1, -0.05) is 73.6 Å². The highest BCUT2D eigenvalue weighted by Gasteiger charge is 2.40. The molecule has 0 aromatic heterocycles. The molecule has 1 saturated carbocycles. The average Bonchev–Trinajstić information content (AvgIpc) is 3.24. The minimum Gasteiger partial charge on any atom is -0.491 e. The van der Waals surface area contributed by atoms with Gasteiger partial charge in [-0.3, -0.25) is 14.5 Å². The molecule has 3 aliphatic heterocycles. The highest BCUT2D eigenvalue weighted by atomic mass is 35.5. The molecule has 2 fully saturated rings. The highest BCUT2D eigenvalue weighted by Crippen LogP contribution is 2.45. The molecule has 0 radical (unpaired) electrons. The summed E-state index contributed by atoms with van der Waals surface area (Å²) in [6.07, 6.45) is 10.2. The molecule has 2 aromatic carbocycles. The lowest BCUT2D eigenvalue weighted by Crippen LogP contribution is -2.54. The Morgan fingerprint density at radius 1 is 1.08 bits per heavy atom. The number of hydrogen-bond donors (Lipinski definition) is 1. The number of piperazine rings is 1. The van der Waals surface area contributed by atoms with E-state index in [-0.39, 0.29) is 29.0 Å². The Morgan fingerprint density at radius 3 is 2.62 bits per heavy atom. The van der Waals surface area contributed by atoms with Crippen LogP contribution in [0.3, 0.4) is 0 Å². The van der Waals surface area contributed by atoms with Crippen LogP contribution in [0.1, 0.15) is 87.7 Å². The molecule has 2 aromatic rings. The first-order chi connectivity index (χ1) is 24.0. The van der Waals surface area contributed by atoms with Crippen LogP contribution < -0.4 is 14.4 Å². The van der Waals surface area contributed by atoms with E-state index in [0.29, 0.717) is 42.4 Å². The van der Waals surface area contributed by atoms with Gasteiger partial charge in [0.25, 0.3) is 5.91 Å². The van der Waals surface area contributed by atoms with Crippen molar-refractivity contribution in [3.05, 3.63) is 70.3 Å². The molecular formula is C41H57ClN4O3S. The number of nitrogens with one attached hydrogen (secondary N) is 1. The SMILES string of the molecule is C=S1NC(=O)c2ccc3c(c2)N(CC(c2ccc(Cl)cc2CCC)CO3)CC2CCC2C(CN2CCN(C(C)C)C(=O)C2)/C=C/CC(C)C1C. The fraction of sp³-hybridized carbons (Fsp3) is 0.585. The molecule has 3 heterocycles. The van der Waals surface area contributed by atoms with E-state index in [0.717, 1.165) is 68.4 Å². The van der Waals surface area contributed by atoms with Gasteiger partial charge in [0.05, 0.1) is 18.8 Å². The second kappa shape index (κ2) is 16.2. The lowest BCUT2D eigenvalue weighted by Gasteiger charge is -2.46. The van der Waals surface area contributed by atoms with E-state index >= 15 is 0 Å². The first-order valence-corrected chi connectivity index (χ1v) is 20.7. The maximum absolute atomic E-state index is 13.7. The molecule has 272 valence electrons. The minimum absolute atomic E-state index is 0.0785. The fourth-order valence-electron chi connectivity index (χ4n) is 8.41. The van der Waals surface area contributed by atoms with Crippen molar-refractivity contribution in [3.63, 3.8) is 0 Å². The Morgan fingerprint density at radius 2 is 1.90 bits per heavy atom. The number of benzene rings is 2. The van der Waals surface area contributed by atoms with Gasteiger partial charge in [-0.05, 0) is 105 Å². The van der Waals surface area contributed by atoms with Gasteiger partial charge in [0.15, 0.2) is 0 Å². The molecule has 4 aliphatic rings. The molecule has 6 rings (SSSR count). The number of anilines is 1. The number of hydrogen-bond acceptors (Lipinski definition) is 5. The van der Waals surface area contributed by atoms with Crippen molar-refractivity contribution < 1.29 is 14.3 Å². The number of carbonyl (C=O) groups excluding carboxylic acids is 2. The van der Waals surface area contributed by atoms with Gasteiger partial charge < -0.3 is 19.3 Å². The summed E-state index contributed by atoms with van der Waals surface area (Å²) in [7, 11) is -0.537. The zero-order chi connectivity index (χ0) is 35.5. The van der Waals surface area contributed by atoms with Gasteiger partial charge in [0, 0.05) is 60.5 Å². The Labute approximate surface area is 307 Å². The van der Waals surface area contributed by atoms with Gasteiger partial charge in [-0.2, -0.15) is 0 Å². The standard InChI is InChI=1S/C41H57ClN4O3S/c1-7-9-30-20-35(42)14-16-36(30)34-24-45-23-33-12-15-37(33)32(22-44-18-19-46(27(2)3)40(47)25-44)11-8-10-28(4)29(5)50(6)43-41(48)31-13-17-39(49-26-34)38(45)21-31/h8,11,13-14,16-17,20-21,27-29,32-34,37H,6-7,9-10,12,15,18-19,22-26H2,1-5H3,(H,43,48)/b11-8+. The summed E-state index contributed by atoms with van der Waals surface area (Å²) in [5.74, 6) is 7.33. The molecule has 0 spiro atoms. The van der Waals surface area contributed by atoms with Crippen LogP contribution in [0.15, 0.2) is 48.6 Å². The summed E-state index contributed by atoms with van der Waals surface area (Å²) in [6.45, 7) is 16.3. The van der Waals surface area contributed by atoms with Crippen LogP contribution in [0, 0.1) is 23.7 Å². The van der Waals surface area contributed by atoms with Crippen LogP contribution in [0.4, 0.5) is 5.69 Å². The predicted molar refractivity (Wildman–Crippen MR) is 210 cm³/mol. The van der Waals surface area contributed by atoms with Crippen molar-refractivity contribution in [2.45, 2.75) is 83.9 Å².